The van der Waals surface area contributed by atoms with Gasteiger partial charge in [-0.1, -0.05) is 0 Å². The quantitative estimate of drug-likeness (QED) is 0.698. The molecule has 4 unspecified atom stereocenters. The number of rotatable bonds is 2. The van der Waals surface area contributed by atoms with Gasteiger partial charge in [-0.25, -0.2) is 0 Å². The van der Waals surface area contributed by atoms with Gasteiger partial charge in [-0.2, -0.15) is 0 Å². The molecule has 0 aromatic carbocycles. The third-order valence-electron chi connectivity index (χ3n) is 3.41. The van der Waals surface area contributed by atoms with Crippen LogP contribution >= 0.6 is 0 Å². The van der Waals surface area contributed by atoms with E-state index in [0.717, 1.165) is 38.7 Å². The van der Waals surface area contributed by atoms with Crippen molar-refractivity contribution in [2.75, 3.05) is 6.61 Å². The lowest BCUT2D eigenvalue weighted by Gasteiger charge is -2.31. The maximum Gasteiger partial charge on any atom is 0.0693 e. The van der Waals surface area contributed by atoms with Crippen LogP contribution in [0.15, 0.2) is 0 Å². The Hall–Kier alpha value is -0.120. The molecule has 4 atom stereocenters. The Kier molecular flexibility index (Phi) is 3.42. The molecule has 1 heterocycles. The van der Waals surface area contributed by atoms with E-state index >= 15 is 0 Å². The predicted molar refractivity (Wildman–Crippen MR) is 55.2 cm³/mol. The summed E-state index contributed by atoms with van der Waals surface area (Å²) in [6.45, 7) is 2.99. The molecule has 82 valence electrons. The summed E-state index contributed by atoms with van der Waals surface area (Å²) in [5.74, 6) is 0. The Morgan fingerprint density at radius 1 is 1.29 bits per heavy atom. The monoisotopic (exact) mass is 199 g/mol. The van der Waals surface area contributed by atoms with Gasteiger partial charge in [0.05, 0.1) is 12.2 Å². The standard InChI is InChI=1S/C11H21NO2/c1-8-7-9(5-6-14-8)12-10-3-2-4-11(10)13/h8-13H,2-7H2,1H3. The fraction of sp³-hybridized carbons (Fsp3) is 1.00. The second kappa shape index (κ2) is 4.60. The summed E-state index contributed by atoms with van der Waals surface area (Å²) in [7, 11) is 0. The highest BCUT2D eigenvalue weighted by atomic mass is 16.5. The number of nitrogens with one attached hydrogen (secondary N) is 1. The van der Waals surface area contributed by atoms with Gasteiger partial charge >= 0.3 is 0 Å². The molecule has 0 amide bonds. The van der Waals surface area contributed by atoms with E-state index in [0.29, 0.717) is 18.2 Å². The lowest BCUT2D eigenvalue weighted by Crippen LogP contribution is -2.46. The average Bonchev–Trinajstić information content (AvgIpc) is 2.52. The minimum Gasteiger partial charge on any atom is -0.392 e. The van der Waals surface area contributed by atoms with E-state index in [1.807, 2.05) is 0 Å². The van der Waals surface area contributed by atoms with Crippen molar-refractivity contribution in [2.24, 2.45) is 0 Å². The molecule has 2 fully saturated rings. The summed E-state index contributed by atoms with van der Waals surface area (Å²) in [5, 5.41) is 13.3. The minimum atomic E-state index is -0.117. The third kappa shape index (κ3) is 2.47. The fourth-order valence-corrected chi connectivity index (χ4v) is 2.59. The molecule has 0 radical (unpaired) electrons. The van der Waals surface area contributed by atoms with Gasteiger partial charge in [-0.3, -0.25) is 0 Å². The van der Waals surface area contributed by atoms with Gasteiger partial charge in [-0.05, 0) is 39.0 Å². The molecule has 3 heteroatoms. The topological polar surface area (TPSA) is 41.5 Å². The molecule has 2 rings (SSSR count). The van der Waals surface area contributed by atoms with Crippen LogP contribution in [0.5, 0.6) is 0 Å². The van der Waals surface area contributed by atoms with Crippen molar-refractivity contribution in [1.82, 2.24) is 5.32 Å². The van der Waals surface area contributed by atoms with Gasteiger partial charge in [0.2, 0.25) is 0 Å². The van der Waals surface area contributed by atoms with Crippen LogP contribution in [-0.4, -0.2) is 36.0 Å². The second-order valence-corrected chi connectivity index (χ2v) is 4.67. The first-order valence-electron chi connectivity index (χ1n) is 5.81. The Morgan fingerprint density at radius 2 is 2.14 bits per heavy atom. The van der Waals surface area contributed by atoms with E-state index in [9.17, 15) is 5.11 Å². The van der Waals surface area contributed by atoms with Crippen LogP contribution in [0.25, 0.3) is 0 Å². The van der Waals surface area contributed by atoms with Crippen LogP contribution < -0.4 is 5.32 Å². The van der Waals surface area contributed by atoms with Crippen LogP contribution in [0.2, 0.25) is 0 Å². The van der Waals surface area contributed by atoms with E-state index in [4.69, 9.17) is 4.74 Å². The van der Waals surface area contributed by atoms with E-state index in [2.05, 4.69) is 12.2 Å². The molecule has 0 aromatic rings. The molecule has 1 aliphatic carbocycles. The Labute approximate surface area is 85.8 Å². The van der Waals surface area contributed by atoms with Gasteiger partial charge < -0.3 is 15.2 Å². The first-order chi connectivity index (χ1) is 6.75. The predicted octanol–water partition coefficient (Wildman–Crippen LogP) is 1.06. The Bertz CT molecular complexity index is 186. The Morgan fingerprint density at radius 3 is 2.79 bits per heavy atom. The average molecular weight is 199 g/mol. The molecule has 14 heavy (non-hydrogen) atoms. The smallest absolute Gasteiger partial charge is 0.0693 e. The van der Waals surface area contributed by atoms with Crippen molar-refractivity contribution in [3.05, 3.63) is 0 Å². The first-order valence-corrected chi connectivity index (χ1v) is 5.81. The van der Waals surface area contributed by atoms with Crippen molar-refractivity contribution in [3.8, 4) is 0 Å². The Balaban J connectivity index is 1.78. The van der Waals surface area contributed by atoms with Gasteiger partial charge in [0.15, 0.2) is 0 Å². The SMILES string of the molecule is CC1CC(NC2CCCC2O)CCO1. The maximum absolute atomic E-state index is 9.69. The molecule has 3 nitrogen and oxygen atoms in total. The summed E-state index contributed by atoms with van der Waals surface area (Å²) < 4.78 is 5.50. The van der Waals surface area contributed by atoms with Gasteiger partial charge in [0.1, 0.15) is 0 Å². The van der Waals surface area contributed by atoms with Crippen molar-refractivity contribution >= 4 is 0 Å². The summed E-state index contributed by atoms with van der Waals surface area (Å²) in [4.78, 5) is 0. The summed E-state index contributed by atoms with van der Waals surface area (Å²) >= 11 is 0. The second-order valence-electron chi connectivity index (χ2n) is 4.67. The fourth-order valence-electron chi connectivity index (χ4n) is 2.59. The summed E-state index contributed by atoms with van der Waals surface area (Å²) in [6.07, 6.45) is 5.70. The largest absolute Gasteiger partial charge is 0.392 e. The van der Waals surface area contributed by atoms with Crippen LogP contribution in [0.3, 0.4) is 0 Å². The highest BCUT2D eigenvalue weighted by Gasteiger charge is 2.28. The van der Waals surface area contributed by atoms with E-state index in [1.54, 1.807) is 0 Å². The maximum atomic E-state index is 9.69. The molecular weight excluding hydrogens is 178 g/mol. The van der Waals surface area contributed by atoms with E-state index in [-0.39, 0.29) is 6.10 Å². The molecule has 1 saturated carbocycles. The van der Waals surface area contributed by atoms with Crippen molar-refractivity contribution < 1.29 is 9.84 Å². The zero-order valence-corrected chi connectivity index (χ0v) is 8.91. The van der Waals surface area contributed by atoms with E-state index < -0.39 is 0 Å². The molecule has 0 bridgehead atoms. The molecule has 0 aromatic heterocycles. The lowest BCUT2D eigenvalue weighted by atomic mass is 10.0. The normalized spacial score (nSPS) is 44.1. The molecule has 2 aliphatic rings. The summed E-state index contributed by atoms with van der Waals surface area (Å²) in [5.41, 5.74) is 0. The van der Waals surface area contributed by atoms with Crippen molar-refractivity contribution in [3.63, 3.8) is 0 Å². The van der Waals surface area contributed by atoms with Crippen LogP contribution in [0, 0.1) is 0 Å². The number of hydrogen-bond acceptors (Lipinski definition) is 3. The number of aliphatic hydroxyl groups is 1. The van der Waals surface area contributed by atoms with Crippen LogP contribution in [-0.2, 0) is 4.74 Å². The molecule has 1 saturated heterocycles. The van der Waals surface area contributed by atoms with E-state index in [1.165, 1.54) is 0 Å². The van der Waals surface area contributed by atoms with Gasteiger partial charge in [0.25, 0.3) is 0 Å². The third-order valence-corrected chi connectivity index (χ3v) is 3.41. The zero-order valence-electron chi connectivity index (χ0n) is 8.91. The van der Waals surface area contributed by atoms with Crippen LogP contribution in [0.1, 0.15) is 39.0 Å². The van der Waals surface area contributed by atoms with Crippen LogP contribution in [0.4, 0.5) is 0 Å². The highest BCUT2D eigenvalue weighted by molar-refractivity contribution is 4.87. The lowest BCUT2D eigenvalue weighted by molar-refractivity contribution is 0.00758. The van der Waals surface area contributed by atoms with Gasteiger partial charge in [-0.15, -0.1) is 0 Å². The molecule has 1 aliphatic heterocycles. The number of hydrogen-bond donors (Lipinski definition) is 2. The molecule has 0 spiro atoms. The zero-order chi connectivity index (χ0) is 9.97. The van der Waals surface area contributed by atoms with Crippen molar-refractivity contribution in [1.29, 1.82) is 0 Å². The minimum absolute atomic E-state index is 0.117. The first kappa shape index (κ1) is 10.4. The highest BCUT2D eigenvalue weighted by Crippen LogP contribution is 2.22. The number of ether oxygens (including phenoxy) is 1. The summed E-state index contributed by atoms with van der Waals surface area (Å²) in [6, 6.07) is 0.891. The number of aliphatic hydroxyl groups excluding tert-OH is 1. The van der Waals surface area contributed by atoms with Crippen molar-refractivity contribution in [2.45, 2.75) is 63.3 Å². The molecular formula is C11H21NO2. The van der Waals surface area contributed by atoms with Gasteiger partial charge in [0, 0.05) is 18.7 Å². The molecule has 2 N–H and O–H groups in total.